The minimum atomic E-state index is 0. The van der Waals surface area contributed by atoms with Gasteiger partial charge in [0.1, 0.15) is 0 Å². The summed E-state index contributed by atoms with van der Waals surface area (Å²) >= 11 is 0. The smallest absolute Gasteiger partial charge is 0.0431 e. The Morgan fingerprint density at radius 1 is 0.750 bits per heavy atom. The lowest BCUT2D eigenvalue weighted by Gasteiger charge is -1.85. The molecular formula is C4H12Cl2O2. The van der Waals surface area contributed by atoms with Crippen molar-refractivity contribution in [3.05, 3.63) is 0 Å². The van der Waals surface area contributed by atoms with Crippen LogP contribution >= 0.6 is 24.8 Å². The summed E-state index contributed by atoms with van der Waals surface area (Å²) < 4.78 is 0. The minimum absolute atomic E-state index is 0. The Morgan fingerprint density at radius 3 is 1.12 bits per heavy atom. The molecule has 4 heteroatoms. The van der Waals surface area contributed by atoms with Crippen molar-refractivity contribution in [3.63, 3.8) is 0 Å². The summed E-state index contributed by atoms with van der Waals surface area (Å²) in [4.78, 5) is 0. The first-order valence-corrected chi connectivity index (χ1v) is 2.13. The maximum Gasteiger partial charge on any atom is 0.0431 e. The van der Waals surface area contributed by atoms with E-state index in [-0.39, 0.29) is 38.0 Å². The van der Waals surface area contributed by atoms with Crippen molar-refractivity contribution in [2.75, 3.05) is 13.2 Å². The Kier molecular flexibility index (Phi) is 30.9. The number of aliphatic hydroxyl groups excluding tert-OH is 2. The average Bonchev–Trinajstić information content (AvgIpc) is 1.61. The van der Waals surface area contributed by atoms with Crippen molar-refractivity contribution in [3.8, 4) is 0 Å². The van der Waals surface area contributed by atoms with Crippen molar-refractivity contribution >= 4 is 24.8 Å². The van der Waals surface area contributed by atoms with Crippen molar-refractivity contribution < 1.29 is 10.2 Å². The summed E-state index contributed by atoms with van der Waals surface area (Å²) in [6.07, 6.45) is 1.44. The first kappa shape index (κ1) is 15.8. The number of hydrogen-bond acceptors (Lipinski definition) is 2. The highest BCUT2D eigenvalue weighted by atomic mass is 35.5. The van der Waals surface area contributed by atoms with Crippen molar-refractivity contribution in [2.24, 2.45) is 0 Å². The molecule has 0 saturated carbocycles. The lowest BCUT2D eigenvalue weighted by atomic mass is 10.3. The second-order valence-electron chi connectivity index (χ2n) is 1.15. The Bertz CT molecular complexity index is 24.0. The summed E-state index contributed by atoms with van der Waals surface area (Å²) in [5.41, 5.74) is 0. The number of hydrogen-bond donors (Lipinski definition) is 2. The van der Waals surface area contributed by atoms with Crippen molar-refractivity contribution in [2.45, 2.75) is 12.8 Å². The molecule has 0 unspecified atom stereocenters. The first-order chi connectivity index (χ1) is 2.91. The van der Waals surface area contributed by atoms with E-state index in [0.29, 0.717) is 0 Å². The first-order valence-electron chi connectivity index (χ1n) is 2.13. The third-order valence-electron chi connectivity index (χ3n) is 0.566. The maximum absolute atomic E-state index is 8.09. The van der Waals surface area contributed by atoms with Gasteiger partial charge < -0.3 is 10.2 Å². The van der Waals surface area contributed by atoms with E-state index in [0.717, 1.165) is 12.8 Å². The van der Waals surface area contributed by atoms with Crippen LogP contribution in [0.25, 0.3) is 0 Å². The van der Waals surface area contributed by atoms with Gasteiger partial charge in [0.05, 0.1) is 0 Å². The molecule has 0 aromatic rings. The highest BCUT2D eigenvalue weighted by Crippen LogP contribution is 1.80. The molecule has 0 rings (SSSR count). The van der Waals surface area contributed by atoms with Gasteiger partial charge >= 0.3 is 0 Å². The fourth-order valence-corrected chi connectivity index (χ4v) is 0.224. The zero-order valence-electron chi connectivity index (χ0n) is 4.54. The molecule has 0 aromatic carbocycles. The molecule has 0 atom stereocenters. The summed E-state index contributed by atoms with van der Waals surface area (Å²) in [5.74, 6) is 0. The van der Waals surface area contributed by atoms with Crippen molar-refractivity contribution in [1.29, 1.82) is 0 Å². The Hall–Kier alpha value is 0.500. The SMILES string of the molecule is Cl.Cl.OCCCCO. The van der Waals surface area contributed by atoms with Crippen LogP contribution in [-0.4, -0.2) is 23.4 Å². The molecule has 0 amide bonds. The summed E-state index contributed by atoms with van der Waals surface area (Å²) in [6, 6.07) is 0. The van der Waals surface area contributed by atoms with Gasteiger partial charge in [0.25, 0.3) is 0 Å². The van der Waals surface area contributed by atoms with Crippen LogP contribution < -0.4 is 0 Å². The van der Waals surface area contributed by atoms with Gasteiger partial charge in [0.15, 0.2) is 0 Å². The quantitative estimate of drug-likeness (QED) is 0.598. The van der Waals surface area contributed by atoms with E-state index in [1.807, 2.05) is 0 Å². The molecule has 8 heavy (non-hydrogen) atoms. The van der Waals surface area contributed by atoms with Gasteiger partial charge in [-0.1, -0.05) is 0 Å². The summed E-state index contributed by atoms with van der Waals surface area (Å²) in [6.45, 7) is 0.390. The summed E-state index contributed by atoms with van der Waals surface area (Å²) in [7, 11) is 0. The fourth-order valence-electron chi connectivity index (χ4n) is 0.224. The minimum Gasteiger partial charge on any atom is -0.396 e. The number of halogens is 2. The molecule has 0 aromatic heterocycles. The standard InChI is InChI=1S/C4H10O2.2ClH/c5-3-1-2-4-6;;/h5-6H,1-4H2;2*1H. The number of unbranched alkanes of at least 4 members (excludes halogenated alkanes) is 1. The van der Waals surface area contributed by atoms with E-state index < -0.39 is 0 Å². The lowest BCUT2D eigenvalue weighted by molar-refractivity contribution is 0.242. The Labute approximate surface area is 61.7 Å². The van der Waals surface area contributed by atoms with Crippen LogP contribution in [0.4, 0.5) is 0 Å². The topological polar surface area (TPSA) is 40.5 Å². The predicted octanol–water partition coefficient (Wildman–Crippen LogP) is 0.595. The van der Waals surface area contributed by atoms with Gasteiger partial charge in [-0.3, -0.25) is 0 Å². The Balaban J connectivity index is -0.000000125. The zero-order chi connectivity index (χ0) is 4.83. The maximum atomic E-state index is 8.09. The molecule has 0 spiro atoms. The van der Waals surface area contributed by atoms with Gasteiger partial charge in [-0.15, -0.1) is 24.8 Å². The van der Waals surface area contributed by atoms with Gasteiger partial charge in [-0.05, 0) is 12.8 Å². The van der Waals surface area contributed by atoms with Gasteiger partial charge in [-0.25, -0.2) is 0 Å². The van der Waals surface area contributed by atoms with Crippen LogP contribution in [0, 0.1) is 0 Å². The molecular weight excluding hydrogens is 151 g/mol. The molecule has 0 aliphatic heterocycles. The van der Waals surface area contributed by atoms with E-state index >= 15 is 0 Å². The van der Waals surface area contributed by atoms with E-state index in [9.17, 15) is 0 Å². The molecule has 0 heterocycles. The third-order valence-corrected chi connectivity index (χ3v) is 0.566. The highest BCUT2D eigenvalue weighted by molar-refractivity contribution is 5.85. The van der Waals surface area contributed by atoms with Crippen LogP contribution in [0.3, 0.4) is 0 Å². The fraction of sp³-hybridized carbons (Fsp3) is 1.00. The Morgan fingerprint density at radius 2 is 1.00 bits per heavy atom. The molecule has 0 saturated heterocycles. The van der Waals surface area contributed by atoms with E-state index in [1.54, 1.807) is 0 Å². The van der Waals surface area contributed by atoms with Crippen LogP contribution in [-0.2, 0) is 0 Å². The van der Waals surface area contributed by atoms with E-state index in [2.05, 4.69) is 0 Å². The molecule has 0 bridgehead atoms. The molecule has 0 fully saturated rings. The molecule has 0 aliphatic rings. The monoisotopic (exact) mass is 162 g/mol. The van der Waals surface area contributed by atoms with Crippen LogP contribution in [0.2, 0.25) is 0 Å². The second-order valence-corrected chi connectivity index (χ2v) is 1.15. The van der Waals surface area contributed by atoms with Crippen molar-refractivity contribution in [1.82, 2.24) is 0 Å². The summed E-state index contributed by atoms with van der Waals surface area (Å²) in [5, 5.41) is 16.2. The van der Waals surface area contributed by atoms with E-state index in [1.165, 1.54) is 0 Å². The molecule has 2 N–H and O–H groups in total. The molecule has 2 nitrogen and oxygen atoms in total. The normalized spacial score (nSPS) is 6.75. The van der Waals surface area contributed by atoms with Gasteiger partial charge in [-0.2, -0.15) is 0 Å². The lowest BCUT2D eigenvalue weighted by Crippen LogP contribution is -1.85. The second kappa shape index (κ2) is 15.6. The average molecular weight is 163 g/mol. The van der Waals surface area contributed by atoms with Crippen LogP contribution in [0.1, 0.15) is 12.8 Å². The molecule has 0 aliphatic carbocycles. The molecule has 54 valence electrons. The molecule has 0 radical (unpaired) electrons. The predicted molar refractivity (Wildman–Crippen MR) is 37.9 cm³/mol. The van der Waals surface area contributed by atoms with Gasteiger partial charge in [0, 0.05) is 13.2 Å². The number of aliphatic hydroxyl groups is 2. The number of rotatable bonds is 3. The third kappa shape index (κ3) is 16.1. The van der Waals surface area contributed by atoms with Gasteiger partial charge in [0.2, 0.25) is 0 Å². The van der Waals surface area contributed by atoms with Crippen LogP contribution in [0.15, 0.2) is 0 Å². The zero-order valence-corrected chi connectivity index (χ0v) is 6.17. The largest absolute Gasteiger partial charge is 0.396 e. The highest BCUT2D eigenvalue weighted by Gasteiger charge is 1.77. The van der Waals surface area contributed by atoms with Crippen LogP contribution in [0.5, 0.6) is 0 Å². The van der Waals surface area contributed by atoms with E-state index in [4.69, 9.17) is 10.2 Å².